The van der Waals surface area contributed by atoms with Crippen LogP contribution in [0.3, 0.4) is 0 Å². The Kier molecular flexibility index (Phi) is 5.33. The largest absolute Gasteiger partial charge is 0.417 e. The fourth-order valence-electron chi connectivity index (χ4n) is 2.58. The Balaban J connectivity index is 1.95. The third kappa shape index (κ3) is 4.01. The first-order chi connectivity index (χ1) is 13.9. The molecule has 7 nitrogen and oxygen atoms in total. The predicted octanol–water partition coefficient (Wildman–Crippen LogP) is 2.99. The number of hydrogen-bond acceptors (Lipinski definition) is 5. The van der Waals surface area contributed by atoms with Gasteiger partial charge in [0.15, 0.2) is 11.5 Å². The van der Waals surface area contributed by atoms with Gasteiger partial charge in [0.1, 0.15) is 11.5 Å². The molecule has 0 aliphatic heterocycles. The van der Waals surface area contributed by atoms with Crippen LogP contribution >= 0.6 is 0 Å². The summed E-state index contributed by atoms with van der Waals surface area (Å²) in [5.41, 5.74) is -2.44. The number of nitrogens with zero attached hydrogens (tertiary/aromatic N) is 3. The highest BCUT2D eigenvalue weighted by Gasteiger charge is 2.37. The molecule has 1 aromatic heterocycles. The number of rotatable bonds is 4. The van der Waals surface area contributed by atoms with E-state index in [0.717, 1.165) is 28.9 Å². The van der Waals surface area contributed by atoms with Crippen molar-refractivity contribution >= 4 is 15.9 Å². The predicted molar refractivity (Wildman–Crippen MR) is 92.1 cm³/mol. The first-order valence-electron chi connectivity index (χ1n) is 8.03. The first-order valence-corrected chi connectivity index (χ1v) is 9.51. The molecule has 2 aromatic carbocycles. The minimum absolute atomic E-state index is 0.127. The van der Waals surface area contributed by atoms with Crippen LogP contribution in [0.25, 0.3) is 5.69 Å². The lowest BCUT2D eigenvalue weighted by molar-refractivity contribution is -0.139. The molecule has 0 spiro atoms. The lowest BCUT2D eigenvalue weighted by atomic mass is 10.2. The Morgan fingerprint density at radius 3 is 2.40 bits per heavy atom. The van der Waals surface area contributed by atoms with Crippen LogP contribution in [0.4, 0.5) is 22.0 Å². The molecule has 3 rings (SSSR count). The van der Waals surface area contributed by atoms with Gasteiger partial charge in [-0.25, -0.2) is 26.6 Å². The third-order valence-electron chi connectivity index (χ3n) is 3.96. The van der Waals surface area contributed by atoms with E-state index < -0.39 is 49.9 Å². The Hall–Kier alpha value is -3.35. The summed E-state index contributed by atoms with van der Waals surface area (Å²) in [4.78, 5) is 11.2. The van der Waals surface area contributed by atoms with Gasteiger partial charge in [-0.2, -0.15) is 13.2 Å². The van der Waals surface area contributed by atoms with Crippen molar-refractivity contribution in [2.24, 2.45) is 0 Å². The molecule has 1 N–H and O–H groups in total. The molecule has 0 unspecified atom stereocenters. The van der Waals surface area contributed by atoms with Gasteiger partial charge in [-0.3, -0.25) is 4.79 Å². The molecule has 0 aliphatic carbocycles. The molecule has 0 aliphatic rings. The van der Waals surface area contributed by atoms with Gasteiger partial charge in [0, 0.05) is 6.07 Å². The van der Waals surface area contributed by atoms with Crippen LogP contribution in [-0.4, -0.2) is 29.3 Å². The molecule has 0 atom stereocenters. The first kappa shape index (κ1) is 21.4. The zero-order chi connectivity index (χ0) is 22.3. The molecule has 0 saturated heterocycles. The second kappa shape index (κ2) is 7.48. The van der Waals surface area contributed by atoms with Gasteiger partial charge < -0.3 is 0 Å². The Bertz CT molecular complexity index is 1240. The molecule has 1 heterocycles. The SMILES string of the molecule is Cc1c(C(=O)NS(=O)(=O)c2ccccc2C(F)(F)F)nnn1-c1ccc(F)cc1F. The van der Waals surface area contributed by atoms with E-state index >= 15 is 0 Å². The van der Waals surface area contributed by atoms with E-state index in [1.165, 1.54) is 11.6 Å². The summed E-state index contributed by atoms with van der Waals surface area (Å²) in [6, 6.07) is 5.81. The van der Waals surface area contributed by atoms with E-state index in [1.807, 2.05) is 0 Å². The molecule has 0 saturated carbocycles. The number of aromatic nitrogens is 3. The van der Waals surface area contributed by atoms with Crippen LogP contribution in [0.15, 0.2) is 47.4 Å². The van der Waals surface area contributed by atoms with Gasteiger partial charge in [0.05, 0.1) is 16.2 Å². The lowest BCUT2D eigenvalue weighted by Gasteiger charge is -2.13. The molecule has 13 heteroatoms. The average molecular weight is 446 g/mol. The normalized spacial score (nSPS) is 12.1. The standard InChI is InChI=1S/C17H11F5N4O3S/c1-9-15(23-25-26(9)13-7-6-10(18)8-12(13)19)16(27)24-30(28,29)14-5-3-2-4-11(14)17(20,21)22/h2-8H,1H3,(H,24,27). The number of amides is 1. The molecule has 0 radical (unpaired) electrons. The molecule has 0 fully saturated rings. The minimum Gasteiger partial charge on any atom is -0.266 e. The summed E-state index contributed by atoms with van der Waals surface area (Å²) in [6.45, 7) is 1.24. The number of sulfonamides is 1. The van der Waals surface area contributed by atoms with Gasteiger partial charge in [0.2, 0.25) is 0 Å². The van der Waals surface area contributed by atoms with Crippen molar-refractivity contribution in [2.45, 2.75) is 18.0 Å². The Labute approximate surface area is 166 Å². The van der Waals surface area contributed by atoms with Crippen LogP contribution in [0.1, 0.15) is 21.7 Å². The van der Waals surface area contributed by atoms with E-state index in [1.54, 1.807) is 0 Å². The van der Waals surface area contributed by atoms with E-state index in [2.05, 4.69) is 10.3 Å². The van der Waals surface area contributed by atoms with Crippen molar-refractivity contribution < 1.29 is 35.2 Å². The fourth-order valence-corrected chi connectivity index (χ4v) is 3.76. The number of carbonyl (C=O) groups is 1. The Morgan fingerprint density at radius 2 is 1.77 bits per heavy atom. The molecule has 30 heavy (non-hydrogen) atoms. The summed E-state index contributed by atoms with van der Waals surface area (Å²) in [5, 5.41) is 6.98. The van der Waals surface area contributed by atoms with Gasteiger partial charge in [-0.1, -0.05) is 17.3 Å². The van der Waals surface area contributed by atoms with Crippen LogP contribution in [0.5, 0.6) is 0 Å². The number of hydrogen-bond donors (Lipinski definition) is 1. The van der Waals surface area contributed by atoms with Crippen LogP contribution < -0.4 is 4.72 Å². The zero-order valence-corrected chi connectivity index (χ0v) is 15.7. The average Bonchev–Trinajstić information content (AvgIpc) is 3.02. The van der Waals surface area contributed by atoms with Crippen molar-refractivity contribution in [1.29, 1.82) is 0 Å². The Morgan fingerprint density at radius 1 is 1.10 bits per heavy atom. The molecular formula is C17H11F5N4O3S. The van der Waals surface area contributed by atoms with Gasteiger partial charge in [-0.15, -0.1) is 5.10 Å². The molecule has 158 valence electrons. The monoisotopic (exact) mass is 446 g/mol. The summed E-state index contributed by atoms with van der Waals surface area (Å²) >= 11 is 0. The molecule has 3 aromatic rings. The molecule has 1 amide bonds. The number of nitrogens with one attached hydrogen (secondary N) is 1. The highest BCUT2D eigenvalue weighted by molar-refractivity contribution is 7.90. The van der Waals surface area contributed by atoms with Crippen molar-refractivity contribution in [1.82, 2.24) is 19.7 Å². The van der Waals surface area contributed by atoms with Crippen molar-refractivity contribution in [3.63, 3.8) is 0 Å². The maximum Gasteiger partial charge on any atom is 0.417 e. The quantitative estimate of drug-likeness (QED) is 0.622. The van der Waals surface area contributed by atoms with Crippen molar-refractivity contribution in [2.75, 3.05) is 0 Å². The van der Waals surface area contributed by atoms with Gasteiger partial charge in [-0.05, 0) is 31.2 Å². The summed E-state index contributed by atoms with van der Waals surface area (Å²) in [7, 11) is -4.93. The van der Waals surface area contributed by atoms with Gasteiger partial charge in [0.25, 0.3) is 15.9 Å². The minimum atomic E-state index is -4.98. The van der Waals surface area contributed by atoms with Gasteiger partial charge >= 0.3 is 6.18 Å². The number of alkyl halides is 3. The molecular weight excluding hydrogens is 435 g/mol. The van der Waals surface area contributed by atoms with E-state index in [9.17, 15) is 35.2 Å². The second-order valence-corrected chi connectivity index (χ2v) is 7.61. The second-order valence-electron chi connectivity index (χ2n) is 5.96. The van der Waals surface area contributed by atoms with Crippen LogP contribution in [0, 0.1) is 18.6 Å². The highest BCUT2D eigenvalue weighted by atomic mass is 32.2. The lowest BCUT2D eigenvalue weighted by Crippen LogP contribution is -2.32. The number of carbonyl (C=O) groups excluding carboxylic acids is 1. The van der Waals surface area contributed by atoms with E-state index in [-0.39, 0.29) is 11.4 Å². The van der Waals surface area contributed by atoms with Crippen molar-refractivity contribution in [3.05, 3.63) is 71.1 Å². The molecule has 0 bridgehead atoms. The van der Waals surface area contributed by atoms with Crippen molar-refractivity contribution in [3.8, 4) is 5.69 Å². The highest BCUT2D eigenvalue weighted by Crippen LogP contribution is 2.33. The summed E-state index contributed by atoms with van der Waals surface area (Å²) in [5.74, 6) is -3.26. The maximum atomic E-state index is 13.9. The van der Waals surface area contributed by atoms with E-state index in [0.29, 0.717) is 18.2 Å². The smallest absolute Gasteiger partial charge is 0.266 e. The fraction of sp³-hybridized carbons (Fsp3) is 0.118. The van der Waals surface area contributed by atoms with Crippen LogP contribution in [-0.2, 0) is 16.2 Å². The van der Waals surface area contributed by atoms with E-state index in [4.69, 9.17) is 0 Å². The number of halogens is 5. The summed E-state index contributed by atoms with van der Waals surface area (Å²) < 4.78 is 93.4. The topological polar surface area (TPSA) is 93.9 Å². The summed E-state index contributed by atoms with van der Waals surface area (Å²) in [6.07, 6.45) is -4.98. The maximum absolute atomic E-state index is 13.9. The third-order valence-corrected chi connectivity index (χ3v) is 5.35. The van der Waals surface area contributed by atoms with Crippen LogP contribution in [0.2, 0.25) is 0 Å². The zero-order valence-electron chi connectivity index (χ0n) is 14.9. The number of benzene rings is 2.